The van der Waals surface area contributed by atoms with E-state index in [1.165, 1.54) is 25.7 Å². The maximum absolute atomic E-state index is 5.68. The fourth-order valence-electron chi connectivity index (χ4n) is 2.82. The van der Waals surface area contributed by atoms with Crippen LogP contribution in [0.4, 0.5) is 0 Å². The Morgan fingerprint density at radius 3 is 3.08 bits per heavy atom. The maximum Gasteiger partial charge on any atom is -0.00430 e. The van der Waals surface area contributed by atoms with Crippen molar-refractivity contribution in [3.05, 3.63) is 11.6 Å². The Morgan fingerprint density at radius 1 is 1.58 bits per heavy atom. The first-order valence-corrected chi connectivity index (χ1v) is 5.24. The monoisotopic (exact) mass is 165 g/mol. The Morgan fingerprint density at radius 2 is 2.42 bits per heavy atom. The maximum atomic E-state index is 5.68. The van der Waals surface area contributed by atoms with E-state index in [0.29, 0.717) is 0 Å². The van der Waals surface area contributed by atoms with Crippen LogP contribution in [-0.2, 0) is 0 Å². The van der Waals surface area contributed by atoms with Crippen LogP contribution in [0.2, 0.25) is 0 Å². The molecule has 1 saturated carbocycles. The Kier molecular flexibility index (Phi) is 2.22. The molecule has 0 aromatic heterocycles. The number of allylic oxidation sites excluding steroid dienone is 2. The van der Waals surface area contributed by atoms with Gasteiger partial charge in [-0.05, 0) is 43.6 Å². The van der Waals surface area contributed by atoms with Crippen LogP contribution in [0.3, 0.4) is 0 Å². The molecule has 0 unspecified atom stereocenters. The van der Waals surface area contributed by atoms with Gasteiger partial charge < -0.3 is 5.73 Å². The van der Waals surface area contributed by atoms with E-state index in [9.17, 15) is 0 Å². The van der Waals surface area contributed by atoms with E-state index in [4.69, 9.17) is 5.73 Å². The molecule has 0 bridgehead atoms. The first-order valence-electron chi connectivity index (χ1n) is 5.24. The van der Waals surface area contributed by atoms with Gasteiger partial charge in [0.2, 0.25) is 0 Å². The highest BCUT2D eigenvalue weighted by Crippen LogP contribution is 2.50. The highest BCUT2D eigenvalue weighted by atomic mass is 14.6. The molecular weight excluding hydrogens is 146 g/mol. The van der Waals surface area contributed by atoms with Crippen molar-refractivity contribution in [2.75, 3.05) is 6.54 Å². The Hall–Kier alpha value is -0.300. The topological polar surface area (TPSA) is 26.0 Å². The summed E-state index contributed by atoms with van der Waals surface area (Å²) in [5.41, 5.74) is 7.39. The van der Waals surface area contributed by atoms with Crippen molar-refractivity contribution in [3.63, 3.8) is 0 Å². The van der Waals surface area contributed by atoms with E-state index in [1.54, 1.807) is 5.57 Å². The highest BCUT2D eigenvalue weighted by molar-refractivity contribution is 5.19. The Bertz CT molecular complexity index is 195. The fraction of sp³-hybridized carbons (Fsp3) is 0.818. The third-order valence-electron chi connectivity index (χ3n) is 3.52. The second-order valence-corrected chi connectivity index (χ2v) is 4.35. The summed E-state index contributed by atoms with van der Waals surface area (Å²) in [6.45, 7) is 3.17. The predicted octanol–water partition coefficient (Wildman–Crippen LogP) is 2.33. The smallest absolute Gasteiger partial charge is 0.00430 e. The first kappa shape index (κ1) is 8.31. The quantitative estimate of drug-likeness (QED) is 0.638. The van der Waals surface area contributed by atoms with Crippen molar-refractivity contribution in [1.82, 2.24) is 0 Å². The lowest BCUT2D eigenvalue weighted by Gasteiger charge is -2.39. The number of nitrogens with two attached hydrogens (primary N) is 1. The lowest BCUT2D eigenvalue weighted by molar-refractivity contribution is 0.137. The zero-order chi connectivity index (χ0) is 8.55. The SMILES string of the molecule is CCCC1=C[C@H]2[C@H](CN)C[C@H]2C1. The minimum Gasteiger partial charge on any atom is -0.330 e. The van der Waals surface area contributed by atoms with Crippen molar-refractivity contribution < 1.29 is 0 Å². The van der Waals surface area contributed by atoms with Gasteiger partial charge in [0.15, 0.2) is 0 Å². The molecule has 0 aromatic rings. The zero-order valence-corrected chi connectivity index (χ0v) is 7.92. The molecule has 0 heterocycles. The lowest BCUT2D eigenvalue weighted by atomic mass is 9.66. The Labute approximate surface area is 75.0 Å². The summed E-state index contributed by atoms with van der Waals surface area (Å²) in [7, 11) is 0. The van der Waals surface area contributed by atoms with Gasteiger partial charge in [0.25, 0.3) is 0 Å². The minimum atomic E-state index is 0.823. The van der Waals surface area contributed by atoms with E-state index < -0.39 is 0 Å². The average Bonchev–Trinajstić information content (AvgIpc) is 2.33. The van der Waals surface area contributed by atoms with Crippen LogP contribution in [0, 0.1) is 17.8 Å². The summed E-state index contributed by atoms with van der Waals surface area (Å²) < 4.78 is 0. The van der Waals surface area contributed by atoms with Gasteiger partial charge in [0.1, 0.15) is 0 Å². The van der Waals surface area contributed by atoms with Gasteiger partial charge in [-0.15, -0.1) is 0 Å². The lowest BCUT2D eigenvalue weighted by Crippen LogP contribution is -2.37. The molecule has 2 aliphatic rings. The third-order valence-corrected chi connectivity index (χ3v) is 3.52. The van der Waals surface area contributed by atoms with E-state index >= 15 is 0 Å². The molecule has 0 saturated heterocycles. The molecular formula is C11H19N. The molecule has 2 rings (SSSR count). The summed E-state index contributed by atoms with van der Waals surface area (Å²) >= 11 is 0. The summed E-state index contributed by atoms with van der Waals surface area (Å²) in [6, 6.07) is 0. The molecule has 0 radical (unpaired) electrons. The van der Waals surface area contributed by atoms with Crippen LogP contribution in [-0.4, -0.2) is 6.54 Å². The number of rotatable bonds is 3. The molecule has 12 heavy (non-hydrogen) atoms. The van der Waals surface area contributed by atoms with Gasteiger partial charge in [-0.2, -0.15) is 0 Å². The summed E-state index contributed by atoms with van der Waals surface area (Å²) in [6.07, 6.45) is 7.93. The third kappa shape index (κ3) is 1.20. The van der Waals surface area contributed by atoms with Crippen LogP contribution < -0.4 is 5.73 Å². The van der Waals surface area contributed by atoms with Gasteiger partial charge in [-0.25, -0.2) is 0 Å². The molecule has 0 aliphatic heterocycles. The molecule has 1 nitrogen and oxygen atoms in total. The molecule has 68 valence electrons. The largest absolute Gasteiger partial charge is 0.330 e. The van der Waals surface area contributed by atoms with Gasteiger partial charge in [0, 0.05) is 0 Å². The van der Waals surface area contributed by atoms with E-state index in [2.05, 4.69) is 13.0 Å². The van der Waals surface area contributed by atoms with E-state index in [1.807, 2.05) is 0 Å². The molecule has 3 atom stereocenters. The second kappa shape index (κ2) is 3.21. The van der Waals surface area contributed by atoms with Gasteiger partial charge in [-0.3, -0.25) is 0 Å². The summed E-state index contributed by atoms with van der Waals surface area (Å²) in [4.78, 5) is 0. The molecule has 2 aliphatic carbocycles. The first-order chi connectivity index (χ1) is 5.85. The van der Waals surface area contributed by atoms with Crippen LogP contribution in [0.5, 0.6) is 0 Å². The molecule has 2 N–H and O–H groups in total. The van der Waals surface area contributed by atoms with Crippen LogP contribution in [0.25, 0.3) is 0 Å². The van der Waals surface area contributed by atoms with E-state index in [-0.39, 0.29) is 0 Å². The van der Waals surface area contributed by atoms with Gasteiger partial charge >= 0.3 is 0 Å². The molecule has 1 heteroatoms. The standard InChI is InChI=1S/C11H19N/c1-2-3-8-4-9-6-10(7-12)11(9)5-8/h5,9-11H,2-4,6-7,12H2,1H3/t9-,10+,11-/m1/s1. The van der Waals surface area contributed by atoms with Gasteiger partial charge in [0.05, 0.1) is 0 Å². The number of hydrogen-bond acceptors (Lipinski definition) is 1. The van der Waals surface area contributed by atoms with Crippen LogP contribution in [0.1, 0.15) is 32.6 Å². The van der Waals surface area contributed by atoms with Gasteiger partial charge in [-0.1, -0.05) is 25.0 Å². The Balaban J connectivity index is 1.93. The van der Waals surface area contributed by atoms with E-state index in [0.717, 1.165) is 24.3 Å². The van der Waals surface area contributed by atoms with Crippen molar-refractivity contribution in [2.24, 2.45) is 23.5 Å². The van der Waals surface area contributed by atoms with Crippen molar-refractivity contribution in [2.45, 2.75) is 32.6 Å². The molecule has 1 fully saturated rings. The second-order valence-electron chi connectivity index (χ2n) is 4.35. The predicted molar refractivity (Wildman–Crippen MR) is 51.7 cm³/mol. The normalized spacial score (nSPS) is 38.8. The minimum absolute atomic E-state index is 0.823. The number of hydrogen-bond donors (Lipinski definition) is 1. The average molecular weight is 165 g/mol. The molecule has 0 spiro atoms. The fourth-order valence-corrected chi connectivity index (χ4v) is 2.82. The van der Waals surface area contributed by atoms with Crippen LogP contribution >= 0.6 is 0 Å². The van der Waals surface area contributed by atoms with Crippen molar-refractivity contribution in [3.8, 4) is 0 Å². The summed E-state index contributed by atoms with van der Waals surface area (Å²) in [5.74, 6) is 2.68. The van der Waals surface area contributed by atoms with Crippen molar-refractivity contribution in [1.29, 1.82) is 0 Å². The highest BCUT2D eigenvalue weighted by Gasteiger charge is 2.41. The molecule has 0 aromatic carbocycles. The van der Waals surface area contributed by atoms with Crippen LogP contribution in [0.15, 0.2) is 11.6 Å². The zero-order valence-electron chi connectivity index (χ0n) is 7.92. The van der Waals surface area contributed by atoms with Crippen molar-refractivity contribution >= 4 is 0 Å². The molecule has 0 amide bonds. The number of fused-ring (bicyclic) bond motifs is 1. The summed E-state index contributed by atoms with van der Waals surface area (Å²) in [5, 5.41) is 0.